The van der Waals surface area contributed by atoms with Crippen LogP contribution in [-0.2, 0) is 0 Å². The second kappa shape index (κ2) is 5.74. The highest BCUT2D eigenvalue weighted by molar-refractivity contribution is 8.00. The number of benzene rings is 1. The van der Waals surface area contributed by atoms with Gasteiger partial charge in [0.1, 0.15) is 23.5 Å². The molecule has 1 N–H and O–H groups in total. The number of aromatic nitrogens is 2. The quantitative estimate of drug-likeness (QED) is 0.866. The molecule has 2 rings (SSSR count). The van der Waals surface area contributed by atoms with Gasteiger partial charge in [-0.15, -0.1) is 0 Å². The molecule has 0 fully saturated rings. The average molecular weight is 279 g/mol. The summed E-state index contributed by atoms with van der Waals surface area (Å²) in [5.74, 6) is 1.36. The molecule has 0 saturated carbocycles. The van der Waals surface area contributed by atoms with Crippen LogP contribution in [0.15, 0.2) is 24.5 Å². The molecule has 0 unspecified atom stereocenters. The average Bonchev–Trinajstić information content (AvgIpc) is 2.34. The van der Waals surface area contributed by atoms with Gasteiger partial charge in [0.05, 0.1) is 0 Å². The van der Waals surface area contributed by atoms with Crippen LogP contribution in [0.3, 0.4) is 0 Å². The summed E-state index contributed by atoms with van der Waals surface area (Å²) < 4.78 is 13.8. The SMILES string of the molecule is CC(C)(C)SCCNc1ncnc2c(F)cccc12. The van der Waals surface area contributed by atoms with Gasteiger partial charge >= 0.3 is 0 Å². The first-order valence-electron chi connectivity index (χ1n) is 6.24. The van der Waals surface area contributed by atoms with E-state index < -0.39 is 0 Å². The lowest BCUT2D eigenvalue weighted by Crippen LogP contribution is -2.13. The van der Waals surface area contributed by atoms with E-state index in [9.17, 15) is 4.39 Å². The molecule has 0 aliphatic rings. The minimum atomic E-state index is -0.313. The molecule has 5 heteroatoms. The fourth-order valence-electron chi connectivity index (χ4n) is 1.72. The molecule has 3 nitrogen and oxygen atoms in total. The molecule has 2 aromatic rings. The van der Waals surface area contributed by atoms with Gasteiger partial charge in [-0.25, -0.2) is 14.4 Å². The number of anilines is 1. The molecule has 19 heavy (non-hydrogen) atoms. The fraction of sp³-hybridized carbons (Fsp3) is 0.429. The Kier molecular flexibility index (Phi) is 4.24. The van der Waals surface area contributed by atoms with Gasteiger partial charge in [0.25, 0.3) is 0 Å². The monoisotopic (exact) mass is 279 g/mol. The number of hydrogen-bond donors (Lipinski definition) is 1. The molecular formula is C14H18FN3S. The topological polar surface area (TPSA) is 37.8 Å². The van der Waals surface area contributed by atoms with Gasteiger partial charge in [0.2, 0.25) is 0 Å². The van der Waals surface area contributed by atoms with Crippen molar-refractivity contribution in [2.75, 3.05) is 17.6 Å². The third kappa shape index (κ3) is 3.80. The van der Waals surface area contributed by atoms with E-state index in [2.05, 4.69) is 36.1 Å². The lowest BCUT2D eigenvalue weighted by atomic mass is 10.2. The van der Waals surface area contributed by atoms with Crippen LogP contribution in [-0.4, -0.2) is 27.0 Å². The van der Waals surface area contributed by atoms with E-state index >= 15 is 0 Å². The zero-order chi connectivity index (χ0) is 13.9. The summed E-state index contributed by atoms with van der Waals surface area (Å²) in [6.07, 6.45) is 1.39. The molecule has 0 amide bonds. The zero-order valence-electron chi connectivity index (χ0n) is 11.4. The van der Waals surface area contributed by atoms with Gasteiger partial charge in [-0.05, 0) is 12.1 Å². The molecule has 0 radical (unpaired) electrons. The number of nitrogens with zero attached hydrogens (tertiary/aromatic N) is 2. The second-order valence-electron chi connectivity index (χ2n) is 5.25. The van der Waals surface area contributed by atoms with Crippen molar-refractivity contribution in [3.05, 3.63) is 30.3 Å². The summed E-state index contributed by atoms with van der Waals surface area (Å²) in [5, 5.41) is 3.97. The summed E-state index contributed by atoms with van der Waals surface area (Å²) in [5.41, 5.74) is 0.364. The van der Waals surface area contributed by atoms with E-state index in [-0.39, 0.29) is 10.6 Å². The second-order valence-corrected chi connectivity index (χ2v) is 7.17. The standard InChI is InChI=1S/C14H18FN3S/c1-14(2,3)19-8-7-16-13-10-5-4-6-11(15)12(10)17-9-18-13/h4-6,9H,7-8H2,1-3H3,(H,16,17,18). The number of para-hydroxylation sites is 1. The molecular weight excluding hydrogens is 261 g/mol. The Morgan fingerprint density at radius 3 is 2.79 bits per heavy atom. The predicted octanol–water partition coefficient (Wildman–Crippen LogP) is 3.71. The maximum Gasteiger partial charge on any atom is 0.149 e. The van der Waals surface area contributed by atoms with Crippen LogP contribution >= 0.6 is 11.8 Å². The summed E-state index contributed by atoms with van der Waals surface area (Å²) in [6.45, 7) is 7.36. The molecule has 0 atom stereocenters. The van der Waals surface area contributed by atoms with Crippen LogP contribution in [0.2, 0.25) is 0 Å². The number of thioether (sulfide) groups is 1. The Bertz CT molecular complexity index is 566. The number of halogens is 1. The lowest BCUT2D eigenvalue weighted by molar-refractivity contribution is 0.636. The van der Waals surface area contributed by atoms with Crippen LogP contribution in [0.1, 0.15) is 20.8 Å². The maximum absolute atomic E-state index is 13.6. The Morgan fingerprint density at radius 1 is 1.26 bits per heavy atom. The van der Waals surface area contributed by atoms with Crippen LogP contribution in [0.25, 0.3) is 10.9 Å². The Labute approximate surface area is 117 Å². The molecule has 0 aliphatic heterocycles. The third-order valence-electron chi connectivity index (χ3n) is 2.55. The minimum Gasteiger partial charge on any atom is -0.369 e. The van der Waals surface area contributed by atoms with E-state index in [1.165, 1.54) is 12.4 Å². The highest BCUT2D eigenvalue weighted by atomic mass is 32.2. The van der Waals surface area contributed by atoms with E-state index in [4.69, 9.17) is 0 Å². The van der Waals surface area contributed by atoms with Crippen LogP contribution in [0.4, 0.5) is 10.2 Å². The molecule has 0 aliphatic carbocycles. The first-order chi connectivity index (χ1) is 8.97. The Balaban J connectivity index is 2.07. The smallest absolute Gasteiger partial charge is 0.149 e. The van der Waals surface area contributed by atoms with Gasteiger partial charge < -0.3 is 5.32 Å². The van der Waals surface area contributed by atoms with Crippen LogP contribution < -0.4 is 5.32 Å². The first kappa shape index (κ1) is 14.1. The lowest BCUT2D eigenvalue weighted by Gasteiger charge is -2.17. The van der Waals surface area contributed by atoms with Crippen molar-refractivity contribution in [1.82, 2.24) is 9.97 Å². The van der Waals surface area contributed by atoms with Crippen molar-refractivity contribution in [2.24, 2.45) is 0 Å². The minimum absolute atomic E-state index is 0.252. The van der Waals surface area contributed by atoms with E-state index in [0.717, 1.165) is 17.7 Å². The Hall–Kier alpha value is -1.36. The molecule has 1 heterocycles. The largest absolute Gasteiger partial charge is 0.369 e. The van der Waals surface area contributed by atoms with E-state index in [1.54, 1.807) is 6.07 Å². The third-order valence-corrected chi connectivity index (χ3v) is 3.82. The molecule has 0 spiro atoms. The molecule has 1 aromatic carbocycles. The fourth-order valence-corrected chi connectivity index (χ4v) is 2.54. The van der Waals surface area contributed by atoms with Crippen molar-refractivity contribution in [2.45, 2.75) is 25.5 Å². The zero-order valence-corrected chi connectivity index (χ0v) is 12.2. The Morgan fingerprint density at radius 2 is 2.05 bits per heavy atom. The predicted molar refractivity (Wildman–Crippen MR) is 80.2 cm³/mol. The molecule has 0 bridgehead atoms. The normalized spacial score (nSPS) is 11.8. The number of hydrogen-bond acceptors (Lipinski definition) is 4. The number of rotatable bonds is 4. The number of fused-ring (bicyclic) bond motifs is 1. The summed E-state index contributed by atoms with van der Waals surface area (Å²) in [6, 6.07) is 4.92. The maximum atomic E-state index is 13.6. The summed E-state index contributed by atoms with van der Waals surface area (Å²) in [4.78, 5) is 8.16. The van der Waals surface area contributed by atoms with Crippen LogP contribution in [0, 0.1) is 5.82 Å². The van der Waals surface area contributed by atoms with Gasteiger partial charge in [0, 0.05) is 22.4 Å². The van der Waals surface area contributed by atoms with Crippen molar-refractivity contribution < 1.29 is 4.39 Å². The van der Waals surface area contributed by atoms with Gasteiger partial charge in [0.15, 0.2) is 0 Å². The summed E-state index contributed by atoms with van der Waals surface area (Å²) >= 11 is 1.88. The highest BCUT2D eigenvalue weighted by Crippen LogP contribution is 2.24. The molecule has 0 saturated heterocycles. The molecule has 1 aromatic heterocycles. The molecule has 102 valence electrons. The van der Waals surface area contributed by atoms with Gasteiger partial charge in [-0.1, -0.05) is 26.8 Å². The first-order valence-corrected chi connectivity index (χ1v) is 7.23. The van der Waals surface area contributed by atoms with E-state index in [1.807, 2.05) is 17.8 Å². The van der Waals surface area contributed by atoms with Gasteiger partial charge in [-0.2, -0.15) is 11.8 Å². The summed E-state index contributed by atoms with van der Waals surface area (Å²) in [7, 11) is 0. The van der Waals surface area contributed by atoms with Crippen molar-refractivity contribution in [3.8, 4) is 0 Å². The van der Waals surface area contributed by atoms with Crippen molar-refractivity contribution >= 4 is 28.5 Å². The van der Waals surface area contributed by atoms with Crippen molar-refractivity contribution in [1.29, 1.82) is 0 Å². The van der Waals surface area contributed by atoms with E-state index in [0.29, 0.717) is 11.3 Å². The van der Waals surface area contributed by atoms with Gasteiger partial charge in [-0.3, -0.25) is 0 Å². The van der Waals surface area contributed by atoms with Crippen LogP contribution in [0.5, 0.6) is 0 Å². The number of nitrogens with one attached hydrogen (secondary N) is 1. The highest BCUT2D eigenvalue weighted by Gasteiger charge is 2.10. The van der Waals surface area contributed by atoms with Crippen molar-refractivity contribution in [3.63, 3.8) is 0 Å².